The summed E-state index contributed by atoms with van der Waals surface area (Å²) < 4.78 is 7.48. The molecule has 0 spiro atoms. The van der Waals surface area contributed by atoms with Crippen LogP contribution in [0.4, 0.5) is 0 Å². The number of fused-ring (bicyclic) bond motifs is 2. The minimum Gasteiger partial charge on any atom is -0.481 e. The second kappa shape index (κ2) is 13.0. The topological polar surface area (TPSA) is 73.3 Å². The first-order valence-corrected chi connectivity index (χ1v) is 20.5. The number of carboxylic acids is 1. The van der Waals surface area contributed by atoms with E-state index in [1.165, 1.54) is 83.8 Å². The van der Waals surface area contributed by atoms with Crippen LogP contribution in [0.2, 0.25) is 0 Å². The van der Waals surface area contributed by atoms with Gasteiger partial charge in [0.1, 0.15) is 11.7 Å². The van der Waals surface area contributed by atoms with Gasteiger partial charge in [0.25, 0.3) is 0 Å². The number of hydrogen-bond acceptors (Lipinski definition) is 6. The van der Waals surface area contributed by atoms with Crippen molar-refractivity contribution < 1.29 is 19.4 Å². The van der Waals surface area contributed by atoms with Crippen LogP contribution in [0.3, 0.4) is 0 Å². The zero-order valence-electron chi connectivity index (χ0n) is 30.4. The van der Waals surface area contributed by atoms with E-state index in [1.54, 1.807) is 0 Å². The lowest BCUT2D eigenvalue weighted by atomic mass is 9.41. The van der Waals surface area contributed by atoms with Crippen LogP contribution in [-0.2, 0) is 14.3 Å². The van der Waals surface area contributed by atoms with Gasteiger partial charge in [0.2, 0.25) is 0 Å². The first kappa shape index (κ1) is 33.8. The lowest BCUT2D eigenvalue weighted by Crippen LogP contribution is -2.65. The third-order valence-electron chi connectivity index (χ3n) is 16.1. The van der Waals surface area contributed by atoms with Crippen molar-refractivity contribution in [2.24, 2.45) is 57.7 Å². The number of aldehydes is 1. The molecule has 3 unspecified atom stereocenters. The van der Waals surface area contributed by atoms with Gasteiger partial charge in [0.05, 0.1) is 17.6 Å². The largest absolute Gasteiger partial charge is 0.481 e. The van der Waals surface area contributed by atoms with Crippen molar-refractivity contribution in [3.05, 3.63) is 11.6 Å². The van der Waals surface area contributed by atoms with Crippen LogP contribution in [0.15, 0.2) is 11.6 Å². The van der Waals surface area contributed by atoms with Crippen molar-refractivity contribution in [2.45, 2.75) is 116 Å². The van der Waals surface area contributed by atoms with E-state index >= 15 is 0 Å². The smallest absolute Gasteiger partial charge is 0.315 e. The van der Waals surface area contributed by atoms with Crippen molar-refractivity contribution >= 4 is 12.3 Å². The number of nitrogens with zero attached hydrogens (tertiary/aromatic N) is 3. The highest BCUT2D eigenvalue weighted by Gasteiger charge is 2.86. The highest BCUT2D eigenvalue weighted by atomic mass is 16.5. The molecular formula is C41H65N3O4. The van der Waals surface area contributed by atoms with Gasteiger partial charge >= 0.3 is 5.97 Å². The zero-order valence-corrected chi connectivity index (χ0v) is 30.4. The lowest BCUT2D eigenvalue weighted by Gasteiger charge is -2.60. The van der Waals surface area contributed by atoms with Crippen LogP contribution in [0.5, 0.6) is 0 Å². The Kier molecular flexibility index (Phi) is 9.20. The second-order valence-corrected chi connectivity index (χ2v) is 18.5. The molecular weight excluding hydrogens is 598 g/mol. The standard InChI is InChI=1S/C41H65N3O4/c1-28(2)35-23-32-24-39(27-45)34-12-11-29(3)33(34)25-40(32,41(35,39)38(46)47)37-22-31(21-30-9-5-6-10-30)36(48-37)26-44-19-17-43(18-20-44)16-15-42-13-7-4-8-14-42/h23,27-34,36-37H,4-22,24-26H2,1-3H3,(H,46,47)/t29-,31-,32?,33-,34-,36+,37-,39?,40?,41+/m1/s1. The van der Waals surface area contributed by atoms with E-state index in [4.69, 9.17) is 4.74 Å². The van der Waals surface area contributed by atoms with Gasteiger partial charge in [-0.25, -0.2) is 0 Å². The first-order chi connectivity index (χ1) is 23.2. The fourth-order valence-corrected chi connectivity index (χ4v) is 14.0. The Hall–Kier alpha value is -1.28. The number of carboxylic acid groups (broad SMARTS) is 1. The molecule has 0 aromatic rings. The molecule has 3 heterocycles. The summed E-state index contributed by atoms with van der Waals surface area (Å²) in [5.74, 6) is 1.89. The Bertz CT molecular complexity index is 1230. The van der Waals surface area contributed by atoms with E-state index in [-0.39, 0.29) is 30.0 Å². The molecule has 0 radical (unpaired) electrons. The number of ether oxygens (including phenoxy) is 1. The third kappa shape index (κ3) is 5.00. The van der Waals surface area contributed by atoms with Crippen LogP contribution in [-0.4, -0.2) is 103 Å². The highest BCUT2D eigenvalue weighted by Crippen LogP contribution is 2.84. The van der Waals surface area contributed by atoms with E-state index in [2.05, 4.69) is 41.5 Å². The molecule has 7 heteroatoms. The molecule has 0 aromatic heterocycles. The number of piperazine rings is 1. The zero-order chi connectivity index (χ0) is 33.3. The van der Waals surface area contributed by atoms with E-state index in [0.29, 0.717) is 24.2 Å². The normalized spacial score (nSPS) is 45.2. The van der Waals surface area contributed by atoms with Crippen molar-refractivity contribution in [2.75, 3.05) is 58.9 Å². The molecule has 48 heavy (non-hydrogen) atoms. The number of carbonyl (C=O) groups is 2. The Morgan fingerprint density at radius 1 is 0.938 bits per heavy atom. The van der Waals surface area contributed by atoms with Gasteiger partial charge in [-0.05, 0) is 99.5 Å². The maximum Gasteiger partial charge on any atom is 0.315 e. The molecule has 8 rings (SSSR count). The van der Waals surface area contributed by atoms with Crippen LogP contribution >= 0.6 is 0 Å². The molecule has 1 N–H and O–H groups in total. The third-order valence-corrected chi connectivity index (χ3v) is 16.1. The minimum absolute atomic E-state index is 0.0936. The molecule has 7 fully saturated rings. The summed E-state index contributed by atoms with van der Waals surface area (Å²) >= 11 is 0. The summed E-state index contributed by atoms with van der Waals surface area (Å²) in [6.45, 7) is 17.1. The lowest BCUT2D eigenvalue weighted by molar-refractivity contribution is -0.197. The number of aliphatic carboxylic acids is 1. The van der Waals surface area contributed by atoms with Crippen molar-refractivity contribution in [1.82, 2.24) is 14.7 Å². The van der Waals surface area contributed by atoms with Gasteiger partial charge in [-0.1, -0.05) is 70.9 Å². The quantitative estimate of drug-likeness (QED) is 0.204. The monoisotopic (exact) mass is 663 g/mol. The molecule has 3 aliphatic heterocycles. The fourth-order valence-electron chi connectivity index (χ4n) is 14.0. The summed E-state index contributed by atoms with van der Waals surface area (Å²) in [5, 5.41) is 11.6. The number of likely N-dealkylation sites (tertiary alicyclic amines) is 1. The van der Waals surface area contributed by atoms with Crippen molar-refractivity contribution in [3.8, 4) is 0 Å². The number of allylic oxidation sites excluding steroid dienone is 1. The molecule has 7 nitrogen and oxygen atoms in total. The number of rotatable bonds is 11. The van der Waals surface area contributed by atoms with Gasteiger partial charge in [-0.15, -0.1) is 0 Å². The average molecular weight is 664 g/mol. The average Bonchev–Trinajstić information content (AvgIpc) is 3.91. The summed E-state index contributed by atoms with van der Waals surface area (Å²) in [5.41, 5.74) is -1.41. The van der Waals surface area contributed by atoms with Crippen LogP contribution in [0, 0.1) is 57.7 Å². The van der Waals surface area contributed by atoms with E-state index in [0.717, 1.165) is 69.9 Å². The molecule has 4 bridgehead atoms. The van der Waals surface area contributed by atoms with Crippen LogP contribution < -0.4 is 0 Å². The van der Waals surface area contributed by atoms with Crippen molar-refractivity contribution in [1.29, 1.82) is 0 Å². The molecule has 8 aliphatic rings. The SMILES string of the molecule is CC(C)C1=CC2CC3(C=O)[C@@H]4CC[C@@H](C)[C@H]4CC2([C@H]2C[C@@H](CC4CCCC4)[C@H](CN4CCN(CCN5CCCCC5)CC4)O2)[C@]13C(=O)O. The maximum absolute atomic E-state index is 14.2. The molecule has 268 valence electrons. The van der Waals surface area contributed by atoms with E-state index < -0.39 is 22.2 Å². The van der Waals surface area contributed by atoms with E-state index in [1.807, 2.05) is 0 Å². The van der Waals surface area contributed by atoms with Gasteiger partial charge in [-0.3, -0.25) is 14.6 Å². The Balaban J connectivity index is 1.06. The first-order valence-electron chi connectivity index (χ1n) is 20.5. The van der Waals surface area contributed by atoms with Crippen molar-refractivity contribution in [3.63, 3.8) is 0 Å². The number of carbonyl (C=O) groups excluding carboxylic acids is 1. The summed E-state index contributed by atoms with van der Waals surface area (Å²) in [4.78, 5) is 35.8. The second-order valence-electron chi connectivity index (χ2n) is 18.5. The predicted octanol–water partition coefficient (Wildman–Crippen LogP) is 6.37. The van der Waals surface area contributed by atoms with Crippen LogP contribution in [0.25, 0.3) is 0 Å². The Morgan fingerprint density at radius 2 is 1.62 bits per heavy atom. The fraction of sp³-hybridized carbons (Fsp3) is 0.902. The van der Waals surface area contributed by atoms with Gasteiger partial charge in [-0.2, -0.15) is 0 Å². The van der Waals surface area contributed by atoms with Gasteiger partial charge in [0, 0.05) is 51.2 Å². The molecule has 5 aliphatic carbocycles. The predicted molar refractivity (Wildman–Crippen MR) is 189 cm³/mol. The number of hydrogen-bond donors (Lipinski definition) is 1. The van der Waals surface area contributed by atoms with E-state index in [9.17, 15) is 14.7 Å². The Labute approximate surface area is 290 Å². The molecule has 0 amide bonds. The molecule has 3 saturated heterocycles. The summed E-state index contributed by atoms with van der Waals surface area (Å²) in [6, 6.07) is 0. The summed E-state index contributed by atoms with van der Waals surface area (Å²) in [6.07, 6.45) is 19.1. The molecule has 10 atom stereocenters. The molecule has 0 aromatic carbocycles. The minimum atomic E-state index is -1.14. The number of piperidine rings is 1. The van der Waals surface area contributed by atoms with Gasteiger partial charge in [0.15, 0.2) is 0 Å². The highest BCUT2D eigenvalue weighted by molar-refractivity contribution is 5.90. The molecule has 4 saturated carbocycles. The van der Waals surface area contributed by atoms with Gasteiger partial charge < -0.3 is 19.5 Å². The summed E-state index contributed by atoms with van der Waals surface area (Å²) in [7, 11) is 0. The maximum atomic E-state index is 14.2. The Morgan fingerprint density at radius 3 is 2.29 bits per heavy atom. The van der Waals surface area contributed by atoms with Crippen LogP contribution in [0.1, 0.15) is 104 Å².